The predicted octanol–water partition coefficient (Wildman–Crippen LogP) is 2.97. The number of nitro benzene ring substituents is 2. The van der Waals surface area contributed by atoms with Crippen LogP contribution in [0, 0.1) is 20.2 Å². The lowest BCUT2D eigenvalue weighted by Crippen LogP contribution is -2.27. The monoisotopic (exact) mass is 827 g/mol. The maximum Gasteiger partial charge on any atom is 0.299 e. The van der Waals surface area contributed by atoms with E-state index in [4.69, 9.17) is 61.3 Å². The molecule has 0 aliphatic carbocycles. The van der Waals surface area contributed by atoms with Crippen LogP contribution in [0.5, 0.6) is 0 Å². The molecule has 0 aliphatic heterocycles. The van der Waals surface area contributed by atoms with Crippen molar-refractivity contribution in [1.82, 2.24) is 0 Å². The van der Waals surface area contributed by atoms with Gasteiger partial charge in [-0.3, -0.25) is 20.2 Å². The van der Waals surface area contributed by atoms with Gasteiger partial charge in [-0.05, 0) is 25.7 Å². The van der Waals surface area contributed by atoms with Gasteiger partial charge in [0.05, 0.1) is 181 Å². The third kappa shape index (κ3) is 33.6. The molecule has 1 aromatic carbocycles. The first-order valence-corrected chi connectivity index (χ1v) is 22.3. The van der Waals surface area contributed by atoms with Gasteiger partial charge in [-0.25, -0.2) is 0 Å². The summed E-state index contributed by atoms with van der Waals surface area (Å²) in [5, 5.41) is 24.8. The molecular formula is C35H65N3O17Si. The Morgan fingerprint density at radius 3 is 1.00 bits per heavy atom. The minimum absolute atomic E-state index is 0.184. The molecule has 1 rings (SSSR count). The Hall–Kier alpha value is -2.48. The fourth-order valence-electron chi connectivity index (χ4n) is 4.12. The Kier molecular flexibility index (Phi) is 33.9. The summed E-state index contributed by atoms with van der Waals surface area (Å²) in [6.07, 6.45) is 0. The van der Waals surface area contributed by atoms with E-state index in [0.29, 0.717) is 159 Å². The molecule has 0 atom stereocenters. The van der Waals surface area contributed by atoms with E-state index in [2.05, 4.69) is 25.0 Å². The molecular weight excluding hydrogens is 762 g/mol. The van der Waals surface area contributed by atoms with Crippen molar-refractivity contribution < 1.29 is 71.1 Å². The fraction of sp³-hybridized carbons (Fsp3) is 0.829. The molecule has 0 unspecified atom stereocenters. The highest BCUT2D eigenvalue weighted by Gasteiger charge is 2.19. The summed E-state index contributed by atoms with van der Waals surface area (Å²) in [5.74, 6) is 0. The van der Waals surface area contributed by atoms with Crippen molar-refractivity contribution in [2.45, 2.75) is 19.6 Å². The van der Waals surface area contributed by atoms with Crippen LogP contribution >= 0.6 is 0 Å². The second kappa shape index (κ2) is 36.8. The average Bonchev–Trinajstić information content (AvgIpc) is 3.16. The van der Waals surface area contributed by atoms with Crippen LogP contribution in [0.15, 0.2) is 18.2 Å². The highest BCUT2D eigenvalue weighted by molar-refractivity contribution is 6.69. The minimum Gasteiger partial charge on any atom is -0.415 e. The van der Waals surface area contributed by atoms with Gasteiger partial charge in [-0.2, -0.15) is 0 Å². The molecule has 0 saturated heterocycles. The van der Waals surface area contributed by atoms with Gasteiger partial charge in [0.15, 0.2) is 8.32 Å². The first-order valence-electron chi connectivity index (χ1n) is 18.9. The van der Waals surface area contributed by atoms with Crippen molar-refractivity contribution in [1.29, 1.82) is 0 Å². The lowest BCUT2D eigenvalue weighted by Gasteiger charge is -2.16. The molecule has 0 aliphatic rings. The van der Waals surface area contributed by atoms with Crippen LogP contribution in [0.4, 0.5) is 17.1 Å². The Labute approximate surface area is 331 Å². The number of rotatable bonds is 43. The first kappa shape index (κ1) is 51.5. The van der Waals surface area contributed by atoms with Crippen molar-refractivity contribution in [3.8, 4) is 0 Å². The number of benzene rings is 1. The number of hydrogen-bond acceptors (Lipinski definition) is 18. The zero-order valence-electron chi connectivity index (χ0n) is 33.5. The third-order valence-electron chi connectivity index (χ3n) is 6.81. The summed E-state index contributed by atoms with van der Waals surface area (Å²) in [6, 6.07) is 3.43. The number of nitrogens with zero attached hydrogens (tertiary/aromatic N) is 2. The van der Waals surface area contributed by atoms with Crippen LogP contribution in [0.2, 0.25) is 19.6 Å². The van der Waals surface area contributed by atoms with E-state index in [-0.39, 0.29) is 30.2 Å². The molecule has 0 fully saturated rings. The molecule has 56 heavy (non-hydrogen) atoms. The largest absolute Gasteiger partial charge is 0.415 e. The summed E-state index contributed by atoms with van der Waals surface area (Å²) in [5.41, 5.74) is -0.530. The maximum atomic E-state index is 11.2. The first-order chi connectivity index (χ1) is 27.2. The zero-order valence-corrected chi connectivity index (χ0v) is 34.5. The molecule has 0 spiro atoms. The van der Waals surface area contributed by atoms with Crippen LogP contribution in [-0.4, -0.2) is 190 Å². The molecule has 0 radical (unpaired) electrons. The third-order valence-corrected chi connectivity index (χ3v) is 7.88. The highest BCUT2D eigenvalue weighted by atomic mass is 28.4. The van der Waals surface area contributed by atoms with Crippen molar-refractivity contribution >= 4 is 25.4 Å². The molecule has 20 nitrogen and oxygen atoms in total. The van der Waals surface area contributed by atoms with Crippen molar-refractivity contribution in [3.05, 3.63) is 38.4 Å². The van der Waals surface area contributed by atoms with Crippen molar-refractivity contribution in [2.75, 3.05) is 177 Å². The van der Waals surface area contributed by atoms with Gasteiger partial charge in [-0.1, -0.05) is 0 Å². The lowest BCUT2D eigenvalue weighted by atomic mass is 10.2. The van der Waals surface area contributed by atoms with Gasteiger partial charge < -0.3 is 66.6 Å². The molecule has 21 heteroatoms. The molecule has 0 heterocycles. The van der Waals surface area contributed by atoms with Crippen LogP contribution < -0.4 is 5.32 Å². The van der Waals surface area contributed by atoms with Gasteiger partial charge in [0.25, 0.3) is 11.4 Å². The van der Waals surface area contributed by atoms with E-state index in [1.807, 2.05) is 0 Å². The van der Waals surface area contributed by atoms with Gasteiger partial charge in [0.1, 0.15) is 5.69 Å². The van der Waals surface area contributed by atoms with E-state index >= 15 is 0 Å². The standard InChI is InChI=1S/C35H65N3O17Si/c1-56(2,3)55-31-30-54-29-28-53-27-26-52-25-24-51-23-22-50-21-20-49-19-18-48-17-16-47-15-14-46-13-12-45-11-10-44-9-8-43-7-6-36-34-5-4-33(37(39)40)32-35(34)38(41)42/h4-5,32,36H,6-31H2,1-3H3. The summed E-state index contributed by atoms with van der Waals surface area (Å²) < 4.78 is 71.3. The Morgan fingerprint density at radius 2 is 0.732 bits per heavy atom. The normalized spacial score (nSPS) is 11.7. The van der Waals surface area contributed by atoms with Crippen molar-refractivity contribution in [2.24, 2.45) is 0 Å². The summed E-state index contributed by atoms with van der Waals surface area (Å²) in [6.45, 7) is 18.5. The quantitative estimate of drug-likeness (QED) is 0.0433. The molecule has 0 saturated carbocycles. The van der Waals surface area contributed by atoms with E-state index in [1.54, 1.807) is 0 Å². The lowest BCUT2D eigenvalue weighted by molar-refractivity contribution is -0.393. The van der Waals surface area contributed by atoms with Gasteiger partial charge in [0, 0.05) is 12.6 Å². The number of non-ortho nitro benzene ring substituents is 1. The SMILES string of the molecule is C[Si](C)(C)OCCOCCOCCOCCOCCOCCOCCOCCOCCOCCOCCOCCOCCNc1ccc([N+](=O)[O-])cc1[N+](=O)[O-]. The van der Waals surface area contributed by atoms with E-state index in [9.17, 15) is 20.2 Å². The van der Waals surface area contributed by atoms with Gasteiger partial charge in [-0.15, -0.1) is 0 Å². The molecule has 0 amide bonds. The number of hydrogen-bond donors (Lipinski definition) is 1. The Bertz CT molecular complexity index is 1090. The summed E-state index contributed by atoms with van der Waals surface area (Å²) in [4.78, 5) is 20.6. The molecule has 1 aromatic rings. The summed E-state index contributed by atoms with van der Waals surface area (Å²) in [7, 11) is -1.47. The number of anilines is 1. The fourth-order valence-corrected chi connectivity index (χ4v) is 4.82. The average molecular weight is 828 g/mol. The second-order valence-electron chi connectivity index (χ2n) is 12.5. The Morgan fingerprint density at radius 1 is 0.446 bits per heavy atom. The maximum absolute atomic E-state index is 11.2. The van der Waals surface area contributed by atoms with E-state index < -0.39 is 18.2 Å². The van der Waals surface area contributed by atoms with E-state index in [0.717, 1.165) is 6.07 Å². The molecule has 1 N–H and O–H groups in total. The summed E-state index contributed by atoms with van der Waals surface area (Å²) >= 11 is 0. The highest BCUT2D eigenvalue weighted by Crippen LogP contribution is 2.28. The molecule has 0 aromatic heterocycles. The van der Waals surface area contributed by atoms with Crippen molar-refractivity contribution in [3.63, 3.8) is 0 Å². The molecule has 326 valence electrons. The number of nitrogens with one attached hydrogen (secondary N) is 1. The zero-order chi connectivity index (χ0) is 40.8. The van der Waals surface area contributed by atoms with Crippen LogP contribution in [0.3, 0.4) is 0 Å². The topological polar surface area (TPSA) is 218 Å². The predicted molar refractivity (Wildman–Crippen MR) is 207 cm³/mol. The minimum atomic E-state index is -1.47. The van der Waals surface area contributed by atoms with Crippen LogP contribution in [0.25, 0.3) is 0 Å². The molecule has 0 bridgehead atoms. The van der Waals surface area contributed by atoms with Gasteiger partial charge >= 0.3 is 0 Å². The number of ether oxygens (including phenoxy) is 12. The second-order valence-corrected chi connectivity index (χ2v) is 17.0. The van der Waals surface area contributed by atoms with Gasteiger partial charge in [0.2, 0.25) is 0 Å². The Balaban J connectivity index is 1.69. The van der Waals surface area contributed by atoms with Crippen LogP contribution in [-0.2, 0) is 61.3 Å². The van der Waals surface area contributed by atoms with E-state index in [1.165, 1.54) is 12.1 Å². The smallest absolute Gasteiger partial charge is 0.299 e. The van der Waals surface area contributed by atoms with Crippen LogP contribution in [0.1, 0.15) is 0 Å². The number of nitro groups is 2.